The van der Waals surface area contributed by atoms with Crippen LogP contribution in [0.15, 0.2) is 30.3 Å². The molecule has 11 heteroatoms. The van der Waals surface area contributed by atoms with E-state index in [1.807, 2.05) is 37.3 Å². The Morgan fingerprint density at radius 1 is 0.975 bits per heavy atom. The monoisotopic (exact) mass is 558 g/mol. The molecule has 1 heterocycles. The number of carbonyl (C=O) groups is 5. The fourth-order valence-corrected chi connectivity index (χ4v) is 5.16. The van der Waals surface area contributed by atoms with Crippen molar-refractivity contribution in [3.05, 3.63) is 35.9 Å². The lowest BCUT2D eigenvalue weighted by Gasteiger charge is -2.39. The number of nitrogens with one attached hydrogen (secondary N) is 3. The van der Waals surface area contributed by atoms with Gasteiger partial charge in [-0.15, -0.1) is 0 Å². The molecule has 1 aliphatic carbocycles. The first-order valence-electron chi connectivity index (χ1n) is 14.2. The van der Waals surface area contributed by atoms with Crippen LogP contribution in [0.25, 0.3) is 0 Å². The first-order valence-corrected chi connectivity index (χ1v) is 14.2. The minimum absolute atomic E-state index is 0.148. The van der Waals surface area contributed by atoms with Crippen molar-refractivity contribution >= 4 is 29.6 Å². The zero-order valence-corrected chi connectivity index (χ0v) is 23.5. The van der Waals surface area contributed by atoms with Crippen LogP contribution < -0.4 is 16.0 Å². The molecule has 0 spiro atoms. The number of rotatable bonds is 12. The molecule has 11 nitrogen and oxygen atoms in total. The van der Waals surface area contributed by atoms with Gasteiger partial charge in [-0.3, -0.25) is 14.4 Å². The molecular formula is C29H42N4O7. The number of ketones is 1. The molecule has 3 rings (SSSR count). The lowest BCUT2D eigenvalue weighted by molar-refractivity contribution is -0.147. The topological polar surface area (TPSA) is 143 Å². The molecule has 1 saturated carbocycles. The van der Waals surface area contributed by atoms with Crippen LogP contribution >= 0.6 is 0 Å². The molecular weight excluding hydrogens is 516 g/mol. The molecule has 2 atom stereocenters. The van der Waals surface area contributed by atoms with Gasteiger partial charge in [0, 0.05) is 19.5 Å². The third kappa shape index (κ3) is 8.51. The molecule has 0 unspecified atom stereocenters. The summed E-state index contributed by atoms with van der Waals surface area (Å²) >= 11 is 0. The number of carbonyl (C=O) groups excluding carboxylic acids is 5. The zero-order valence-electron chi connectivity index (χ0n) is 23.5. The Morgan fingerprint density at radius 2 is 1.65 bits per heavy atom. The SMILES string of the molecule is CCCC[C@H](NC(=O)C1(NC(=O)N2CCOCC2)CCCCC1)C(=O)C(=O)N[C@H](Cc1ccccc1)C(=O)OC. The Bertz CT molecular complexity index is 1020. The predicted molar refractivity (Wildman–Crippen MR) is 147 cm³/mol. The van der Waals surface area contributed by atoms with E-state index in [9.17, 15) is 24.0 Å². The second kappa shape index (κ2) is 15.4. The predicted octanol–water partition coefficient (Wildman–Crippen LogP) is 1.88. The van der Waals surface area contributed by atoms with E-state index in [1.54, 1.807) is 4.90 Å². The van der Waals surface area contributed by atoms with Crippen molar-refractivity contribution in [3.8, 4) is 0 Å². The molecule has 1 aromatic rings. The summed E-state index contributed by atoms with van der Waals surface area (Å²) in [6.07, 6.45) is 5.09. The van der Waals surface area contributed by atoms with Crippen LogP contribution in [0, 0.1) is 0 Å². The number of unbranched alkanes of at least 4 members (excludes halogenated alkanes) is 1. The number of Topliss-reactive ketones (excluding diaryl/α,β-unsaturated/α-hetero) is 1. The van der Waals surface area contributed by atoms with Crippen molar-refractivity contribution in [2.75, 3.05) is 33.4 Å². The summed E-state index contributed by atoms with van der Waals surface area (Å²) in [6, 6.07) is 6.58. The van der Waals surface area contributed by atoms with Crippen LogP contribution in [0.4, 0.5) is 4.79 Å². The van der Waals surface area contributed by atoms with E-state index in [-0.39, 0.29) is 18.9 Å². The molecule has 40 heavy (non-hydrogen) atoms. The van der Waals surface area contributed by atoms with Gasteiger partial charge in [0.15, 0.2) is 0 Å². The number of methoxy groups -OCH3 is 1. The smallest absolute Gasteiger partial charge is 0.328 e. The number of ether oxygens (including phenoxy) is 2. The highest BCUT2D eigenvalue weighted by molar-refractivity contribution is 6.38. The van der Waals surface area contributed by atoms with Crippen LogP contribution in [0.3, 0.4) is 0 Å². The van der Waals surface area contributed by atoms with Crippen LogP contribution in [-0.2, 0) is 35.1 Å². The average molecular weight is 559 g/mol. The summed E-state index contributed by atoms with van der Waals surface area (Å²) in [4.78, 5) is 67.2. The molecule has 1 aliphatic heterocycles. The third-order valence-electron chi connectivity index (χ3n) is 7.55. The van der Waals surface area contributed by atoms with E-state index >= 15 is 0 Å². The lowest BCUT2D eigenvalue weighted by Crippen LogP contribution is -2.65. The van der Waals surface area contributed by atoms with Crippen molar-refractivity contribution in [2.24, 2.45) is 0 Å². The van der Waals surface area contributed by atoms with Gasteiger partial charge in [0.05, 0.1) is 26.4 Å². The van der Waals surface area contributed by atoms with E-state index in [0.29, 0.717) is 45.6 Å². The van der Waals surface area contributed by atoms with Crippen molar-refractivity contribution in [3.63, 3.8) is 0 Å². The Hall–Kier alpha value is -3.47. The standard InChI is InChI=1S/C29H42N4O7/c1-3-4-13-22(24(34)25(35)30-23(26(36)39-2)20-21-11-7-5-8-12-21)31-27(37)29(14-9-6-10-15-29)32-28(38)33-16-18-40-19-17-33/h5,7-8,11-12,22-23H,3-4,6,9-10,13-20H2,1-2H3,(H,30,35)(H,31,37)(H,32,38)/t22-,23+/m0/s1. The molecule has 3 N–H and O–H groups in total. The normalized spacial score (nSPS) is 18.1. The van der Waals surface area contributed by atoms with Crippen molar-refractivity contribution in [2.45, 2.75) is 82.3 Å². The van der Waals surface area contributed by atoms with Gasteiger partial charge in [-0.2, -0.15) is 0 Å². The van der Waals surface area contributed by atoms with E-state index in [0.717, 1.165) is 31.2 Å². The molecule has 1 aromatic carbocycles. The summed E-state index contributed by atoms with van der Waals surface area (Å²) in [5.41, 5.74) is -0.381. The number of hydrogen-bond donors (Lipinski definition) is 3. The number of esters is 1. The summed E-state index contributed by atoms with van der Waals surface area (Å²) in [6.45, 7) is 3.69. The summed E-state index contributed by atoms with van der Waals surface area (Å²) < 4.78 is 10.2. The van der Waals surface area contributed by atoms with E-state index in [2.05, 4.69) is 16.0 Å². The van der Waals surface area contributed by atoms with Gasteiger partial charge in [0.2, 0.25) is 11.7 Å². The van der Waals surface area contributed by atoms with Crippen molar-refractivity contribution in [1.29, 1.82) is 0 Å². The highest BCUT2D eigenvalue weighted by Crippen LogP contribution is 2.29. The minimum atomic E-state index is -1.17. The number of amides is 4. The van der Waals surface area contributed by atoms with Crippen LogP contribution in [0.2, 0.25) is 0 Å². The van der Waals surface area contributed by atoms with Gasteiger partial charge in [0.1, 0.15) is 11.6 Å². The fourth-order valence-electron chi connectivity index (χ4n) is 5.16. The van der Waals surface area contributed by atoms with Crippen LogP contribution in [0.5, 0.6) is 0 Å². The minimum Gasteiger partial charge on any atom is -0.467 e. The summed E-state index contributed by atoms with van der Waals surface area (Å²) in [7, 11) is 1.22. The molecule has 0 bridgehead atoms. The Morgan fingerprint density at radius 3 is 2.27 bits per heavy atom. The lowest BCUT2D eigenvalue weighted by atomic mass is 9.80. The van der Waals surface area contributed by atoms with Gasteiger partial charge in [-0.25, -0.2) is 9.59 Å². The van der Waals surface area contributed by atoms with Crippen molar-refractivity contribution in [1.82, 2.24) is 20.9 Å². The van der Waals surface area contributed by atoms with E-state index in [4.69, 9.17) is 9.47 Å². The molecule has 1 saturated heterocycles. The number of nitrogens with zero attached hydrogens (tertiary/aromatic N) is 1. The number of benzene rings is 1. The maximum Gasteiger partial charge on any atom is 0.328 e. The molecule has 220 valence electrons. The Labute approximate surface area is 235 Å². The zero-order chi connectivity index (χ0) is 29.0. The van der Waals surface area contributed by atoms with Gasteiger partial charge in [-0.1, -0.05) is 69.4 Å². The fraction of sp³-hybridized carbons (Fsp3) is 0.621. The van der Waals surface area contributed by atoms with Gasteiger partial charge in [0.25, 0.3) is 5.91 Å². The Kier molecular flexibility index (Phi) is 11.9. The van der Waals surface area contributed by atoms with Gasteiger partial charge in [-0.05, 0) is 24.8 Å². The van der Waals surface area contributed by atoms with Crippen LogP contribution in [-0.4, -0.2) is 85.5 Å². The average Bonchev–Trinajstić information content (AvgIpc) is 2.99. The second-order valence-electron chi connectivity index (χ2n) is 10.4. The van der Waals surface area contributed by atoms with E-state index < -0.39 is 41.2 Å². The van der Waals surface area contributed by atoms with Gasteiger partial charge >= 0.3 is 12.0 Å². The molecule has 4 amide bonds. The van der Waals surface area contributed by atoms with Crippen molar-refractivity contribution < 1.29 is 33.4 Å². The van der Waals surface area contributed by atoms with Crippen LogP contribution in [0.1, 0.15) is 63.9 Å². The van der Waals surface area contributed by atoms with Gasteiger partial charge < -0.3 is 30.3 Å². The Balaban J connectivity index is 1.73. The molecule has 2 fully saturated rings. The quantitative estimate of drug-likeness (QED) is 0.263. The maximum absolute atomic E-state index is 13.7. The molecule has 0 radical (unpaired) electrons. The largest absolute Gasteiger partial charge is 0.467 e. The molecule has 0 aromatic heterocycles. The third-order valence-corrected chi connectivity index (χ3v) is 7.55. The number of urea groups is 1. The first kappa shape index (κ1) is 31.1. The highest BCUT2D eigenvalue weighted by atomic mass is 16.5. The molecule has 2 aliphatic rings. The van der Waals surface area contributed by atoms with E-state index in [1.165, 1.54) is 7.11 Å². The summed E-state index contributed by atoms with van der Waals surface area (Å²) in [5, 5.41) is 8.26. The first-order chi connectivity index (χ1) is 19.3. The second-order valence-corrected chi connectivity index (χ2v) is 10.4. The maximum atomic E-state index is 13.7. The number of morpholine rings is 1. The number of hydrogen-bond acceptors (Lipinski definition) is 7. The summed E-state index contributed by atoms with van der Waals surface area (Å²) in [5.74, 6) is -2.95. The highest BCUT2D eigenvalue weighted by Gasteiger charge is 2.43.